The lowest BCUT2D eigenvalue weighted by Crippen LogP contribution is -2.50. The van der Waals surface area contributed by atoms with Gasteiger partial charge in [-0.1, -0.05) is 30.3 Å². The van der Waals surface area contributed by atoms with Crippen LogP contribution in [0.25, 0.3) is 11.0 Å². The minimum atomic E-state index is -0.876. The summed E-state index contributed by atoms with van der Waals surface area (Å²) < 4.78 is 5.25. The van der Waals surface area contributed by atoms with E-state index in [1.165, 1.54) is 6.07 Å². The van der Waals surface area contributed by atoms with E-state index in [9.17, 15) is 14.4 Å². The number of amides is 2. The maximum absolute atomic E-state index is 13.1. The zero-order valence-corrected chi connectivity index (χ0v) is 20.7. The molecule has 0 saturated heterocycles. The van der Waals surface area contributed by atoms with Crippen molar-refractivity contribution in [2.75, 3.05) is 11.9 Å². The van der Waals surface area contributed by atoms with Gasteiger partial charge in [0, 0.05) is 29.8 Å². The molecule has 0 fully saturated rings. The van der Waals surface area contributed by atoms with Crippen molar-refractivity contribution in [1.82, 2.24) is 5.32 Å². The highest BCUT2D eigenvalue weighted by Gasteiger charge is 2.24. The van der Waals surface area contributed by atoms with E-state index in [1.807, 2.05) is 30.3 Å². The molecule has 0 bridgehead atoms. The molecule has 1 aromatic heterocycles. The Labute approximate surface area is 214 Å². The van der Waals surface area contributed by atoms with Crippen LogP contribution in [0.2, 0.25) is 0 Å². The van der Waals surface area contributed by atoms with Crippen LogP contribution >= 0.6 is 12.4 Å². The Bertz CT molecular complexity index is 1270. The third-order valence-electron chi connectivity index (χ3n) is 5.43. The minimum Gasteiger partial charge on any atom is -0.423 e. The number of hydrogen-bond donors (Lipinski definition) is 5. The predicted octanol–water partition coefficient (Wildman–Crippen LogP) is 1.57. The summed E-state index contributed by atoms with van der Waals surface area (Å²) in [5.41, 5.74) is 18.8. The molecule has 3 aromatic rings. The quantitative estimate of drug-likeness (QED) is 0.118. The SMILES string of the molecule is Cc1cc(=O)oc2cc(NC(=O)[C@H](CCCN=C(N)N)NC(=O)[C@@H](N)Cc3ccccc3)ccc12.Cl. The van der Waals surface area contributed by atoms with Gasteiger partial charge in [0.2, 0.25) is 11.8 Å². The van der Waals surface area contributed by atoms with Gasteiger partial charge < -0.3 is 32.3 Å². The molecule has 0 unspecified atom stereocenters. The maximum atomic E-state index is 13.1. The molecule has 10 nitrogen and oxygen atoms in total. The highest BCUT2D eigenvalue weighted by Crippen LogP contribution is 2.21. The zero-order valence-electron chi connectivity index (χ0n) is 19.9. The van der Waals surface area contributed by atoms with Gasteiger partial charge in [-0.15, -0.1) is 12.4 Å². The molecule has 2 amide bonds. The van der Waals surface area contributed by atoms with E-state index >= 15 is 0 Å². The van der Waals surface area contributed by atoms with Crippen LogP contribution in [0.15, 0.2) is 68.8 Å². The Balaban J connectivity index is 0.00000456. The van der Waals surface area contributed by atoms with Crippen LogP contribution in [-0.2, 0) is 16.0 Å². The van der Waals surface area contributed by atoms with Crippen LogP contribution in [0.5, 0.6) is 0 Å². The largest absolute Gasteiger partial charge is 0.423 e. The molecule has 0 aliphatic heterocycles. The van der Waals surface area contributed by atoms with Crippen LogP contribution in [0.4, 0.5) is 5.69 Å². The summed E-state index contributed by atoms with van der Waals surface area (Å²) >= 11 is 0. The summed E-state index contributed by atoms with van der Waals surface area (Å²) in [7, 11) is 0. The average Bonchev–Trinajstić information content (AvgIpc) is 2.81. The van der Waals surface area contributed by atoms with Crippen molar-refractivity contribution in [3.05, 3.63) is 76.1 Å². The van der Waals surface area contributed by atoms with Gasteiger partial charge >= 0.3 is 5.63 Å². The van der Waals surface area contributed by atoms with Crippen molar-refractivity contribution in [1.29, 1.82) is 0 Å². The van der Waals surface area contributed by atoms with Crippen LogP contribution in [0, 0.1) is 6.92 Å². The predicted molar refractivity (Wildman–Crippen MR) is 143 cm³/mol. The second-order valence-electron chi connectivity index (χ2n) is 8.25. The van der Waals surface area contributed by atoms with Crippen LogP contribution in [0.1, 0.15) is 24.0 Å². The van der Waals surface area contributed by atoms with Crippen LogP contribution in [0.3, 0.4) is 0 Å². The topological polar surface area (TPSA) is 179 Å². The highest BCUT2D eigenvalue weighted by molar-refractivity contribution is 5.99. The molecule has 0 saturated carbocycles. The number of guanidine groups is 1. The number of hydrogen-bond acceptors (Lipinski definition) is 6. The summed E-state index contributed by atoms with van der Waals surface area (Å²) in [6.07, 6.45) is 1.07. The number of aliphatic imine (C=N–C) groups is 1. The first-order valence-electron chi connectivity index (χ1n) is 11.2. The lowest BCUT2D eigenvalue weighted by molar-refractivity contribution is -0.127. The third kappa shape index (κ3) is 8.10. The molecule has 11 heteroatoms. The van der Waals surface area contributed by atoms with Gasteiger partial charge in [-0.05, 0) is 49.4 Å². The smallest absolute Gasteiger partial charge is 0.336 e. The highest BCUT2D eigenvalue weighted by atomic mass is 35.5. The van der Waals surface area contributed by atoms with Gasteiger partial charge in [-0.2, -0.15) is 0 Å². The second-order valence-corrected chi connectivity index (χ2v) is 8.25. The molecule has 2 aromatic carbocycles. The fraction of sp³-hybridized carbons (Fsp3) is 0.280. The van der Waals surface area contributed by atoms with E-state index in [2.05, 4.69) is 15.6 Å². The number of carbonyl (C=O) groups is 2. The molecule has 2 atom stereocenters. The van der Waals surface area contributed by atoms with Crippen molar-refractivity contribution in [2.45, 2.75) is 38.3 Å². The molecular formula is C25H31ClN6O4. The summed E-state index contributed by atoms with van der Waals surface area (Å²) in [6, 6.07) is 14.1. The van der Waals surface area contributed by atoms with E-state index in [-0.39, 0.29) is 24.8 Å². The third-order valence-corrected chi connectivity index (χ3v) is 5.43. The number of fused-ring (bicyclic) bond motifs is 1. The molecular weight excluding hydrogens is 484 g/mol. The van der Waals surface area contributed by atoms with Crippen molar-refractivity contribution < 1.29 is 14.0 Å². The molecule has 0 radical (unpaired) electrons. The number of nitrogens with one attached hydrogen (secondary N) is 2. The Hall–Kier alpha value is -3.89. The van der Waals surface area contributed by atoms with Gasteiger partial charge in [0.25, 0.3) is 0 Å². The summed E-state index contributed by atoms with van der Waals surface area (Å²) in [4.78, 5) is 41.5. The first kappa shape index (κ1) is 28.3. The fourth-order valence-electron chi connectivity index (χ4n) is 3.64. The monoisotopic (exact) mass is 514 g/mol. The Morgan fingerprint density at radius 2 is 1.78 bits per heavy atom. The first-order chi connectivity index (χ1) is 16.7. The van der Waals surface area contributed by atoms with Crippen LogP contribution < -0.4 is 33.5 Å². The molecule has 3 rings (SSSR count). The lowest BCUT2D eigenvalue weighted by atomic mass is 10.0. The zero-order chi connectivity index (χ0) is 25.4. The number of nitrogens with zero attached hydrogens (tertiary/aromatic N) is 1. The number of carbonyl (C=O) groups excluding carboxylic acids is 2. The van der Waals surface area contributed by atoms with Gasteiger partial charge in [0.1, 0.15) is 11.6 Å². The first-order valence-corrected chi connectivity index (χ1v) is 11.2. The molecule has 192 valence electrons. The maximum Gasteiger partial charge on any atom is 0.336 e. The van der Waals surface area contributed by atoms with E-state index in [0.717, 1.165) is 16.5 Å². The summed E-state index contributed by atoms with van der Waals surface area (Å²) in [5.74, 6) is -0.937. The Kier molecular flexibility index (Phi) is 10.4. The molecule has 36 heavy (non-hydrogen) atoms. The van der Waals surface area contributed by atoms with Crippen molar-refractivity contribution in [3.8, 4) is 0 Å². The molecule has 0 spiro atoms. The number of benzene rings is 2. The van der Waals surface area contributed by atoms with E-state index < -0.39 is 29.5 Å². The number of anilines is 1. The second kappa shape index (κ2) is 13.3. The number of halogens is 1. The average molecular weight is 515 g/mol. The number of rotatable bonds is 10. The Morgan fingerprint density at radius 1 is 1.06 bits per heavy atom. The molecule has 1 heterocycles. The van der Waals surface area contributed by atoms with Crippen molar-refractivity contribution >= 4 is 46.8 Å². The minimum absolute atomic E-state index is 0. The van der Waals surface area contributed by atoms with E-state index in [1.54, 1.807) is 25.1 Å². The normalized spacial score (nSPS) is 12.2. The summed E-state index contributed by atoms with van der Waals surface area (Å²) in [6.45, 7) is 2.11. The molecule has 0 aliphatic carbocycles. The number of aryl methyl sites for hydroxylation is 1. The summed E-state index contributed by atoms with van der Waals surface area (Å²) in [5, 5.41) is 6.28. The standard InChI is InChI=1S/C25H30N6O4.ClH/c1-15-12-22(32)35-21-14-17(9-10-18(15)21)30-24(34)20(8-5-11-29-25(27)28)31-23(33)19(26)13-16-6-3-2-4-7-16;/h2-4,6-7,9-10,12,14,19-20H,5,8,11,13,26H2,1H3,(H,30,34)(H,31,33)(H4,27,28,29);1H/t19-,20-;/m0./s1. The molecule has 0 aliphatic rings. The molecule has 8 N–H and O–H groups in total. The lowest BCUT2D eigenvalue weighted by Gasteiger charge is -2.21. The number of nitrogens with two attached hydrogens (primary N) is 3. The fourth-order valence-corrected chi connectivity index (χ4v) is 3.64. The van der Waals surface area contributed by atoms with Gasteiger partial charge in [-0.3, -0.25) is 14.6 Å². The van der Waals surface area contributed by atoms with Gasteiger partial charge in [0.15, 0.2) is 5.96 Å². The van der Waals surface area contributed by atoms with E-state index in [0.29, 0.717) is 30.7 Å². The van der Waals surface area contributed by atoms with E-state index in [4.69, 9.17) is 21.6 Å². The van der Waals surface area contributed by atoms with Crippen molar-refractivity contribution in [3.63, 3.8) is 0 Å². The van der Waals surface area contributed by atoms with Gasteiger partial charge in [-0.25, -0.2) is 4.79 Å². The van der Waals surface area contributed by atoms with Crippen LogP contribution in [-0.4, -0.2) is 36.4 Å². The van der Waals surface area contributed by atoms with Crippen molar-refractivity contribution in [2.24, 2.45) is 22.2 Å². The van der Waals surface area contributed by atoms with Gasteiger partial charge in [0.05, 0.1) is 6.04 Å². The Morgan fingerprint density at radius 3 is 2.47 bits per heavy atom.